The summed E-state index contributed by atoms with van der Waals surface area (Å²) in [4.78, 5) is 11.8. The summed E-state index contributed by atoms with van der Waals surface area (Å²) in [5.41, 5.74) is 4.73. The highest BCUT2D eigenvalue weighted by molar-refractivity contribution is 7.09. The van der Waals surface area contributed by atoms with Crippen molar-refractivity contribution >= 4 is 28.3 Å². The van der Waals surface area contributed by atoms with Crippen LogP contribution in [0.15, 0.2) is 18.2 Å². The fraction of sp³-hybridized carbons (Fsp3) is 0.111. The van der Waals surface area contributed by atoms with Crippen molar-refractivity contribution in [2.24, 2.45) is 5.84 Å². The van der Waals surface area contributed by atoms with Crippen LogP contribution in [-0.4, -0.2) is 20.7 Å². The molecule has 88 valence electrons. The van der Waals surface area contributed by atoms with E-state index in [1.165, 1.54) is 0 Å². The summed E-state index contributed by atoms with van der Waals surface area (Å²) in [6, 6.07) is 5.15. The molecule has 0 spiro atoms. The van der Waals surface area contributed by atoms with Crippen molar-refractivity contribution in [2.45, 2.75) is 6.92 Å². The Morgan fingerprint density at radius 2 is 2.29 bits per heavy atom. The zero-order valence-corrected chi connectivity index (χ0v) is 9.78. The first-order valence-corrected chi connectivity index (χ1v) is 5.51. The lowest BCUT2D eigenvalue weighted by atomic mass is 10.1. The molecule has 0 bridgehead atoms. The molecule has 0 saturated heterocycles. The maximum absolute atomic E-state index is 11.8. The standard InChI is InChI=1S/C9H10N6OS/c1-5-4-6(2-3-7(5)12-10)8(16)11-9-13-14-15-17-9/h2-4,12H,10H2,1H3,(H,11,13,15,16). The van der Waals surface area contributed by atoms with E-state index in [-0.39, 0.29) is 5.91 Å². The van der Waals surface area contributed by atoms with Crippen molar-refractivity contribution in [3.63, 3.8) is 0 Å². The van der Waals surface area contributed by atoms with Crippen LogP contribution in [0.4, 0.5) is 10.8 Å². The molecule has 17 heavy (non-hydrogen) atoms. The van der Waals surface area contributed by atoms with Gasteiger partial charge in [0, 0.05) is 17.1 Å². The van der Waals surface area contributed by atoms with Crippen molar-refractivity contribution in [2.75, 3.05) is 10.7 Å². The third-order valence-corrected chi connectivity index (χ3v) is 2.68. The number of hydrogen-bond donors (Lipinski definition) is 3. The number of carbonyl (C=O) groups is 1. The Balaban J connectivity index is 2.17. The third-order valence-electron chi connectivity index (χ3n) is 2.16. The minimum atomic E-state index is -0.254. The molecule has 8 heteroatoms. The highest BCUT2D eigenvalue weighted by atomic mass is 32.1. The maximum atomic E-state index is 11.8. The molecule has 1 aromatic heterocycles. The second kappa shape index (κ2) is 4.85. The number of hydrazine groups is 1. The number of nitrogens with two attached hydrogens (primary N) is 1. The molecule has 7 nitrogen and oxygen atoms in total. The van der Waals surface area contributed by atoms with Crippen LogP contribution < -0.4 is 16.6 Å². The molecular weight excluding hydrogens is 240 g/mol. The molecular formula is C9H10N6OS. The Labute approximate surface area is 101 Å². The number of rotatable bonds is 3. The predicted octanol–water partition coefficient (Wildman–Crippen LogP) is 0.779. The van der Waals surface area contributed by atoms with E-state index in [0.29, 0.717) is 10.7 Å². The van der Waals surface area contributed by atoms with Crippen LogP contribution in [0, 0.1) is 6.92 Å². The van der Waals surface area contributed by atoms with Crippen LogP contribution >= 0.6 is 11.5 Å². The average molecular weight is 250 g/mol. The summed E-state index contributed by atoms with van der Waals surface area (Å²) < 4.78 is 3.55. The number of benzene rings is 1. The van der Waals surface area contributed by atoms with Gasteiger partial charge < -0.3 is 5.43 Å². The third kappa shape index (κ3) is 2.55. The van der Waals surface area contributed by atoms with Gasteiger partial charge in [0.05, 0.1) is 5.69 Å². The minimum absolute atomic E-state index is 0.254. The van der Waals surface area contributed by atoms with Crippen molar-refractivity contribution in [1.29, 1.82) is 0 Å². The molecule has 0 atom stereocenters. The van der Waals surface area contributed by atoms with E-state index in [9.17, 15) is 4.79 Å². The Morgan fingerprint density at radius 1 is 1.47 bits per heavy atom. The lowest BCUT2D eigenvalue weighted by molar-refractivity contribution is 0.102. The van der Waals surface area contributed by atoms with E-state index in [1.807, 2.05) is 6.92 Å². The topological polar surface area (TPSA) is 106 Å². The summed E-state index contributed by atoms with van der Waals surface area (Å²) in [5.74, 6) is 5.06. The summed E-state index contributed by atoms with van der Waals surface area (Å²) in [5, 5.41) is 9.99. The van der Waals surface area contributed by atoms with Crippen LogP contribution in [-0.2, 0) is 0 Å². The molecule has 0 saturated carbocycles. The monoisotopic (exact) mass is 250 g/mol. The normalized spacial score (nSPS) is 10.0. The van der Waals surface area contributed by atoms with Crippen LogP contribution in [0.1, 0.15) is 15.9 Å². The Kier molecular flexibility index (Phi) is 3.26. The zero-order chi connectivity index (χ0) is 12.3. The number of nitrogen functional groups attached to an aromatic ring is 1. The molecule has 0 aliphatic heterocycles. The summed E-state index contributed by atoms with van der Waals surface area (Å²) in [7, 11) is 0. The SMILES string of the molecule is Cc1cc(C(=O)Nc2nnns2)ccc1NN. The smallest absolute Gasteiger partial charge is 0.257 e. The van der Waals surface area contributed by atoms with Gasteiger partial charge in [-0.25, -0.2) is 0 Å². The lowest BCUT2D eigenvalue weighted by Gasteiger charge is -2.06. The first-order valence-electron chi connectivity index (χ1n) is 4.74. The zero-order valence-electron chi connectivity index (χ0n) is 8.97. The van der Waals surface area contributed by atoms with Crippen molar-refractivity contribution in [3.05, 3.63) is 29.3 Å². The van der Waals surface area contributed by atoms with Gasteiger partial charge in [-0.15, -0.1) is 0 Å². The van der Waals surface area contributed by atoms with E-state index >= 15 is 0 Å². The van der Waals surface area contributed by atoms with E-state index in [4.69, 9.17) is 5.84 Å². The van der Waals surface area contributed by atoms with Gasteiger partial charge in [-0.3, -0.25) is 16.0 Å². The van der Waals surface area contributed by atoms with E-state index < -0.39 is 0 Å². The molecule has 0 aliphatic rings. The van der Waals surface area contributed by atoms with Crippen molar-refractivity contribution in [1.82, 2.24) is 14.8 Å². The van der Waals surface area contributed by atoms with Crippen molar-refractivity contribution < 1.29 is 4.79 Å². The quantitative estimate of drug-likeness (QED) is 0.549. The highest BCUT2D eigenvalue weighted by Crippen LogP contribution is 2.16. The summed E-state index contributed by atoms with van der Waals surface area (Å²) >= 11 is 1.02. The van der Waals surface area contributed by atoms with Crippen LogP contribution in [0.25, 0.3) is 0 Å². The van der Waals surface area contributed by atoms with Crippen LogP contribution in [0.5, 0.6) is 0 Å². The van der Waals surface area contributed by atoms with Crippen molar-refractivity contribution in [3.8, 4) is 0 Å². The number of amides is 1. The number of nitrogens with one attached hydrogen (secondary N) is 2. The van der Waals surface area contributed by atoms with E-state index in [1.54, 1.807) is 18.2 Å². The first-order chi connectivity index (χ1) is 8.20. The number of aromatic nitrogens is 3. The van der Waals surface area contributed by atoms with E-state index in [2.05, 4.69) is 25.5 Å². The minimum Gasteiger partial charge on any atom is -0.324 e. The molecule has 2 aromatic rings. The molecule has 0 fully saturated rings. The highest BCUT2D eigenvalue weighted by Gasteiger charge is 2.09. The first kappa shape index (κ1) is 11.4. The lowest BCUT2D eigenvalue weighted by Crippen LogP contribution is -2.13. The fourth-order valence-corrected chi connectivity index (χ4v) is 1.68. The molecule has 1 amide bonds. The fourth-order valence-electron chi connectivity index (χ4n) is 1.32. The molecule has 0 radical (unpaired) electrons. The molecule has 1 heterocycles. The number of nitrogens with zero attached hydrogens (tertiary/aromatic N) is 3. The van der Waals surface area contributed by atoms with Gasteiger partial charge in [-0.05, 0) is 35.9 Å². The molecule has 0 aliphatic carbocycles. The molecule has 0 unspecified atom stereocenters. The number of aryl methyl sites for hydroxylation is 1. The predicted molar refractivity (Wildman–Crippen MR) is 64.6 cm³/mol. The van der Waals surface area contributed by atoms with Gasteiger partial charge in [0.1, 0.15) is 0 Å². The van der Waals surface area contributed by atoms with Gasteiger partial charge in [0.25, 0.3) is 5.91 Å². The maximum Gasteiger partial charge on any atom is 0.257 e. The Hall–Kier alpha value is -2.06. The second-order valence-electron chi connectivity index (χ2n) is 3.30. The van der Waals surface area contributed by atoms with Gasteiger partial charge in [-0.1, -0.05) is 9.59 Å². The number of carbonyl (C=O) groups excluding carboxylic acids is 1. The van der Waals surface area contributed by atoms with Gasteiger partial charge in [-0.2, -0.15) is 0 Å². The molecule has 2 rings (SSSR count). The summed E-state index contributed by atoms with van der Waals surface area (Å²) in [6.45, 7) is 1.86. The van der Waals surface area contributed by atoms with Crippen LogP contribution in [0.2, 0.25) is 0 Å². The Morgan fingerprint density at radius 3 is 2.88 bits per heavy atom. The van der Waals surface area contributed by atoms with Crippen LogP contribution in [0.3, 0.4) is 0 Å². The van der Waals surface area contributed by atoms with Gasteiger partial charge in [0.15, 0.2) is 0 Å². The van der Waals surface area contributed by atoms with Gasteiger partial charge in [0.2, 0.25) is 5.13 Å². The average Bonchev–Trinajstić information content (AvgIpc) is 2.81. The molecule has 4 N–H and O–H groups in total. The number of anilines is 2. The molecule has 1 aromatic carbocycles. The number of hydrogen-bond acceptors (Lipinski definition) is 7. The van der Waals surface area contributed by atoms with Gasteiger partial charge >= 0.3 is 0 Å². The second-order valence-corrected chi connectivity index (χ2v) is 4.03. The van der Waals surface area contributed by atoms with E-state index in [0.717, 1.165) is 22.8 Å². The summed E-state index contributed by atoms with van der Waals surface area (Å²) in [6.07, 6.45) is 0. The Bertz CT molecular complexity index is 526. The largest absolute Gasteiger partial charge is 0.324 e.